The van der Waals surface area contributed by atoms with Gasteiger partial charge in [0.2, 0.25) is 10.0 Å². The van der Waals surface area contributed by atoms with Crippen LogP contribution in [-0.2, 0) is 20.6 Å². The van der Waals surface area contributed by atoms with Gasteiger partial charge in [-0.3, -0.25) is 0 Å². The van der Waals surface area contributed by atoms with Crippen molar-refractivity contribution >= 4 is 48.9 Å². The highest BCUT2D eigenvalue weighted by atomic mass is 79.9. The summed E-state index contributed by atoms with van der Waals surface area (Å²) in [5, 5.41) is 0. The highest BCUT2D eigenvalue weighted by molar-refractivity contribution is 9.11. The van der Waals surface area contributed by atoms with Gasteiger partial charge >= 0.3 is 0 Å². The summed E-state index contributed by atoms with van der Waals surface area (Å²) in [4.78, 5) is 1.09. The van der Waals surface area contributed by atoms with Gasteiger partial charge in [-0.05, 0) is 28.9 Å². The fraction of sp³-hybridized carbons (Fsp3) is 0.600. The van der Waals surface area contributed by atoms with Crippen LogP contribution in [-0.4, -0.2) is 39.5 Å². The molecular weight excluding hydrogens is 362 g/mol. The number of rotatable bonds is 7. The fourth-order valence-corrected chi connectivity index (χ4v) is 5.14. The van der Waals surface area contributed by atoms with E-state index >= 15 is 0 Å². The zero-order valence-corrected chi connectivity index (χ0v) is 14.1. The Morgan fingerprint density at radius 3 is 2.72 bits per heavy atom. The summed E-state index contributed by atoms with van der Waals surface area (Å²) in [5.74, 6) is 0.307. The minimum Gasteiger partial charge on any atom is -0.380 e. The fourth-order valence-electron chi connectivity index (χ4n) is 1.27. The monoisotopic (exact) mass is 375 g/mol. The molecule has 0 spiro atoms. The van der Waals surface area contributed by atoms with Gasteiger partial charge in [0.1, 0.15) is 4.90 Å². The normalized spacial score (nSPS) is 12.3. The molecule has 0 bridgehead atoms. The Kier molecular flexibility index (Phi) is 6.57. The first-order valence-corrected chi connectivity index (χ1v) is 8.90. The van der Waals surface area contributed by atoms with Crippen LogP contribution in [0.5, 0.6) is 0 Å². The van der Waals surface area contributed by atoms with Crippen LogP contribution in [0, 0.1) is 0 Å². The number of halogens is 2. The van der Waals surface area contributed by atoms with E-state index in [1.807, 2.05) is 6.92 Å². The molecule has 18 heavy (non-hydrogen) atoms. The molecule has 104 valence electrons. The van der Waals surface area contributed by atoms with E-state index in [1.54, 1.807) is 13.1 Å². The van der Waals surface area contributed by atoms with E-state index in [4.69, 9.17) is 16.3 Å². The van der Waals surface area contributed by atoms with Crippen LogP contribution in [0.1, 0.15) is 11.8 Å². The zero-order valence-electron chi connectivity index (χ0n) is 10.2. The van der Waals surface area contributed by atoms with Gasteiger partial charge in [-0.2, -0.15) is 4.31 Å². The molecule has 4 nitrogen and oxygen atoms in total. The van der Waals surface area contributed by atoms with Gasteiger partial charge in [-0.25, -0.2) is 8.42 Å². The van der Waals surface area contributed by atoms with Crippen LogP contribution in [0.4, 0.5) is 0 Å². The van der Waals surface area contributed by atoms with Gasteiger partial charge in [-0.15, -0.1) is 22.9 Å². The first kappa shape index (κ1) is 16.4. The number of likely N-dealkylation sites (N-methyl/N-ethyl adjacent to an activating group) is 1. The first-order chi connectivity index (χ1) is 8.43. The van der Waals surface area contributed by atoms with Gasteiger partial charge in [0.05, 0.1) is 16.3 Å². The number of alkyl halides is 1. The second kappa shape index (κ2) is 7.21. The second-order valence-corrected chi connectivity index (χ2v) is 8.24. The Balaban J connectivity index is 2.87. The lowest BCUT2D eigenvalue weighted by Gasteiger charge is -2.16. The highest BCUT2D eigenvalue weighted by Gasteiger charge is 2.25. The van der Waals surface area contributed by atoms with E-state index in [0.29, 0.717) is 29.4 Å². The molecule has 0 aliphatic rings. The van der Waals surface area contributed by atoms with Crippen LogP contribution in [0.15, 0.2) is 14.7 Å². The zero-order chi connectivity index (χ0) is 13.8. The maximum absolute atomic E-state index is 12.3. The molecule has 1 heterocycles. The molecule has 0 atom stereocenters. The molecule has 0 amide bonds. The second-order valence-electron chi connectivity index (χ2n) is 3.51. The Labute approximate surface area is 125 Å². The summed E-state index contributed by atoms with van der Waals surface area (Å²) >= 11 is 10.3. The molecule has 0 fully saturated rings. The minimum atomic E-state index is -3.48. The van der Waals surface area contributed by atoms with Gasteiger partial charge in [-0.1, -0.05) is 0 Å². The molecule has 0 aliphatic carbocycles. The lowest BCUT2D eigenvalue weighted by molar-refractivity contribution is 0.138. The Morgan fingerprint density at radius 2 is 2.22 bits per heavy atom. The van der Waals surface area contributed by atoms with Crippen molar-refractivity contribution in [1.29, 1.82) is 0 Å². The molecule has 0 aromatic carbocycles. The van der Waals surface area contributed by atoms with E-state index in [0.717, 1.165) is 4.88 Å². The number of sulfonamides is 1. The molecule has 8 heteroatoms. The molecule has 1 aromatic heterocycles. The van der Waals surface area contributed by atoms with Crippen molar-refractivity contribution in [1.82, 2.24) is 4.31 Å². The first-order valence-electron chi connectivity index (χ1n) is 5.31. The third-order valence-electron chi connectivity index (χ3n) is 2.28. The summed E-state index contributed by atoms with van der Waals surface area (Å²) < 4.78 is 31.6. The van der Waals surface area contributed by atoms with Gasteiger partial charge in [0.15, 0.2) is 0 Å². The van der Waals surface area contributed by atoms with E-state index in [2.05, 4.69) is 15.9 Å². The molecule has 0 aliphatic heterocycles. The Bertz CT molecular complexity index is 489. The molecule has 0 radical (unpaired) electrons. The predicted octanol–water partition coefficient (Wildman–Crippen LogP) is 2.91. The molecule has 1 rings (SSSR count). The summed E-state index contributed by atoms with van der Waals surface area (Å²) in [6, 6.07) is 1.61. The average molecular weight is 377 g/mol. The summed E-state index contributed by atoms with van der Waals surface area (Å²) in [5.41, 5.74) is 0. The molecule has 0 N–H and O–H groups in total. The number of thiophene rings is 1. The van der Waals surface area contributed by atoms with Crippen molar-refractivity contribution in [2.75, 3.05) is 26.8 Å². The summed E-state index contributed by atoms with van der Waals surface area (Å²) in [6.45, 7) is 3.16. The number of ether oxygens (including phenoxy) is 1. The van der Waals surface area contributed by atoms with Gasteiger partial charge < -0.3 is 4.74 Å². The Morgan fingerprint density at radius 1 is 1.56 bits per heavy atom. The van der Waals surface area contributed by atoms with E-state index in [9.17, 15) is 8.42 Å². The van der Waals surface area contributed by atoms with Gasteiger partial charge in [0.25, 0.3) is 0 Å². The average Bonchev–Trinajstić information content (AvgIpc) is 2.71. The Hall–Kier alpha value is 0.340. The topological polar surface area (TPSA) is 46.6 Å². The summed E-state index contributed by atoms with van der Waals surface area (Å²) in [7, 11) is -1.94. The smallest absolute Gasteiger partial charge is 0.244 e. The number of nitrogens with zero attached hydrogens (tertiary/aromatic N) is 1. The maximum Gasteiger partial charge on any atom is 0.244 e. The van der Waals surface area contributed by atoms with Crippen LogP contribution < -0.4 is 0 Å². The van der Waals surface area contributed by atoms with Crippen molar-refractivity contribution < 1.29 is 13.2 Å². The quantitative estimate of drug-likeness (QED) is 0.543. The van der Waals surface area contributed by atoms with Crippen LogP contribution in [0.25, 0.3) is 0 Å². The maximum atomic E-state index is 12.3. The predicted molar refractivity (Wildman–Crippen MR) is 77.9 cm³/mol. The standard InChI is InChI=1S/C10H15BrClNO3S2/c1-3-16-5-4-13(2)18(14,15)9-6-8(7-12)17-10(9)11/h6H,3-5,7H2,1-2H3. The molecule has 0 saturated carbocycles. The SMILES string of the molecule is CCOCCN(C)S(=O)(=O)c1cc(CCl)sc1Br. The van der Waals surface area contributed by atoms with E-state index in [1.165, 1.54) is 15.6 Å². The van der Waals surface area contributed by atoms with Crippen molar-refractivity contribution in [3.8, 4) is 0 Å². The van der Waals surface area contributed by atoms with Crippen molar-refractivity contribution in [2.45, 2.75) is 17.7 Å². The third kappa shape index (κ3) is 3.91. The van der Waals surface area contributed by atoms with Crippen molar-refractivity contribution in [3.05, 3.63) is 14.7 Å². The lowest BCUT2D eigenvalue weighted by atomic mass is 10.5. The highest BCUT2D eigenvalue weighted by Crippen LogP contribution is 2.33. The minimum absolute atomic E-state index is 0.266. The van der Waals surface area contributed by atoms with Crippen molar-refractivity contribution in [2.24, 2.45) is 0 Å². The van der Waals surface area contributed by atoms with E-state index in [-0.39, 0.29) is 4.90 Å². The van der Waals surface area contributed by atoms with Crippen molar-refractivity contribution in [3.63, 3.8) is 0 Å². The van der Waals surface area contributed by atoms with Crippen LogP contribution in [0.3, 0.4) is 0 Å². The molecule has 0 unspecified atom stereocenters. The van der Waals surface area contributed by atoms with E-state index < -0.39 is 10.0 Å². The molecule has 0 saturated heterocycles. The largest absolute Gasteiger partial charge is 0.380 e. The molecular formula is C10H15BrClNO3S2. The lowest BCUT2D eigenvalue weighted by Crippen LogP contribution is -2.30. The summed E-state index contributed by atoms with van der Waals surface area (Å²) in [6.07, 6.45) is 0. The molecule has 1 aromatic rings. The number of hydrogen-bond acceptors (Lipinski definition) is 4. The van der Waals surface area contributed by atoms with Gasteiger partial charge in [0, 0.05) is 25.1 Å². The van der Waals surface area contributed by atoms with Crippen LogP contribution >= 0.6 is 38.9 Å². The number of hydrogen-bond donors (Lipinski definition) is 0. The van der Waals surface area contributed by atoms with Crippen LogP contribution in [0.2, 0.25) is 0 Å². The third-order valence-corrected chi connectivity index (χ3v) is 6.84.